The van der Waals surface area contributed by atoms with E-state index in [4.69, 9.17) is 0 Å². The van der Waals surface area contributed by atoms with Gasteiger partial charge < -0.3 is 4.90 Å². The largest absolute Gasteiger partial charge is 0.302 e. The molecule has 1 saturated heterocycles. The van der Waals surface area contributed by atoms with Crippen molar-refractivity contribution in [2.45, 2.75) is 46.0 Å². The first-order chi connectivity index (χ1) is 10.6. The number of fused-ring (bicyclic) bond motifs is 3. The highest BCUT2D eigenvalue weighted by molar-refractivity contribution is 5.79. The molecule has 2 nitrogen and oxygen atoms in total. The molecule has 2 aliphatic rings. The molecule has 1 unspecified atom stereocenters. The predicted molar refractivity (Wildman–Crippen MR) is 91.9 cm³/mol. The summed E-state index contributed by atoms with van der Waals surface area (Å²) in [6.45, 7) is 9.62. The average molecular weight is 297 g/mol. The van der Waals surface area contributed by atoms with Gasteiger partial charge in [-0.1, -0.05) is 43.7 Å². The van der Waals surface area contributed by atoms with E-state index in [1.165, 1.54) is 16.7 Å². The molecule has 118 valence electrons. The van der Waals surface area contributed by atoms with Crippen LogP contribution >= 0.6 is 0 Å². The second-order valence-electron chi connectivity index (χ2n) is 7.23. The molecule has 0 N–H and O–H groups in total. The van der Waals surface area contributed by atoms with E-state index in [1.807, 2.05) is 0 Å². The number of carbonyl (C=O) groups is 1. The molecule has 1 fully saturated rings. The van der Waals surface area contributed by atoms with Crippen LogP contribution in [0.4, 0.5) is 0 Å². The molecule has 0 aromatic heterocycles. The van der Waals surface area contributed by atoms with Crippen molar-refractivity contribution in [3.8, 4) is 0 Å². The molecule has 22 heavy (non-hydrogen) atoms. The maximum atomic E-state index is 11.9. The molecule has 0 bridgehead atoms. The number of piperidine rings is 1. The Morgan fingerprint density at radius 3 is 2.86 bits per heavy atom. The normalized spacial score (nSPS) is 21.2. The molecule has 2 heteroatoms. The van der Waals surface area contributed by atoms with Gasteiger partial charge in [0.15, 0.2) is 0 Å². The van der Waals surface area contributed by atoms with Gasteiger partial charge in [-0.25, -0.2) is 0 Å². The van der Waals surface area contributed by atoms with E-state index in [9.17, 15) is 4.79 Å². The van der Waals surface area contributed by atoms with E-state index < -0.39 is 0 Å². The Bertz CT molecular complexity index is 599. The Morgan fingerprint density at radius 1 is 1.32 bits per heavy atom. The predicted octanol–water partition coefficient (Wildman–Crippen LogP) is 4.27. The van der Waals surface area contributed by atoms with Crippen molar-refractivity contribution in [1.29, 1.82) is 0 Å². The van der Waals surface area contributed by atoms with Gasteiger partial charge in [0.1, 0.15) is 5.78 Å². The number of carbonyl (C=O) groups excluding carboxylic acids is 1. The zero-order chi connectivity index (χ0) is 15.7. The molecule has 0 saturated carbocycles. The lowest BCUT2D eigenvalue weighted by atomic mass is 9.89. The van der Waals surface area contributed by atoms with Crippen molar-refractivity contribution in [2.75, 3.05) is 19.6 Å². The fraction of sp³-hybridized carbons (Fsp3) is 0.550. The molecule has 0 amide bonds. The minimum absolute atomic E-state index is 0.416. The fourth-order valence-corrected chi connectivity index (χ4v) is 4.01. The number of Topliss-reactive ketones (excluding diaryl/α,β-unsaturated/α-hetero) is 1. The lowest BCUT2D eigenvalue weighted by Gasteiger charge is -2.33. The Labute approximate surface area is 134 Å². The highest BCUT2D eigenvalue weighted by atomic mass is 16.1. The molecular formula is C20H27NO. The summed E-state index contributed by atoms with van der Waals surface area (Å²) < 4.78 is 0. The van der Waals surface area contributed by atoms with Gasteiger partial charge in [-0.2, -0.15) is 0 Å². The first-order valence-electron chi connectivity index (χ1n) is 8.59. The van der Waals surface area contributed by atoms with Gasteiger partial charge in [-0.3, -0.25) is 4.79 Å². The Hall–Kier alpha value is -1.41. The van der Waals surface area contributed by atoms with Gasteiger partial charge in [0.2, 0.25) is 0 Å². The number of hydrogen-bond acceptors (Lipinski definition) is 2. The molecule has 1 aliphatic heterocycles. The van der Waals surface area contributed by atoms with Gasteiger partial charge in [0, 0.05) is 38.4 Å². The lowest BCUT2D eigenvalue weighted by Crippen LogP contribution is -2.36. The molecule has 1 aromatic carbocycles. The summed E-state index contributed by atoms with van der Waals surface area (Å²) in [4.78, 5) is 14.4. The molecule has 1 atom stereocenters. The van der Waals surface area contributed by atoms with Crippen LogP contribution in [-0.4, -0.2) is 30.3 Å². The number of likely N-dealkylation sites (tertiary alicyclic amines) is 1. The zero-order valence-corrected chi connectivity index (χ0v) is 14.1. The molecule has 1 aromatic rings. The van der Waals surface area contributed by atoms with Gasteiger partial charge >= 0.3 is 0 Å². The third kappa shape index (κ3) is 3.03. The van der Waals surface area contributed by atoms with E-state index in [2.05, 4.69) is 49.9 Å². The molecule has 1 aliphatic carbocycles. The van der Waals surface area contributed by atoms with E-state index in [0.717, 1.165) is 32.5 Å². The summed E-state index contributed by atoms with van der Waals surface area (Å²) in [5.41, 5.74) is 6.07. The van der Waals surface area contributed by atoms with Crippen LogP contribution in [0.25, 0.3) is 5.57 Å². The van der Waals surface area contributed by atoms with Gasteiger partial charge in [0.25, 0.3) is 0 Å². The highest BCUT2D eigenvalue weighted by Gasteiger charge is 2.33. The first kappa shape index (κ1) is 15.5. The van der Waals surface area contributed by atoms with Crippen molar-refractivity contribution in [2.24, 2.45) is 5.92 Å². The number of ketones is 1. The van der Waals surface area contributed by atoms with Gasteiger partial charge in [-0.05, 0) is 36.0 Å². The van der Waals surface area contributed by atoms with Crippen LogP contribution in [0, 0.1) is 5.92 Å². The standard InChI is InChI=1S/C20H27NO/c1-14(2)12-16(22)8-10-21-11-9-18-15(3)17-6-4-5-7-19(17)20(18)13-21/h4-7,14,20H,8-13H2,1-3H3. The van der Waals surface area contributed by atoms with Crippen LogP contribution < -0.4 is 0 Å². The summed E-state index contributed by atoms with van der Waals surface area (Å²) in [6, 6.07) is 8.83. The first-order valence-corrected chi connectivity index (χ1v) is 8.59. The average Bonchev–Trinajstić information content (AvgIpc) is 2.78. The zero-order valence-electron chi connectivity index (χ0n) is 14.1. The summed E-state index contributed by atoms with van der Waals surface area (Å²) >= 11 is 0. The van der Waals surface area contributed by atoms with Crippen molar-refractivity contribution in [3.63, 3.8) is 0 Å². The van der Waals surface area contributed by atoms with Gasteiger partial charge in [0.05, 0.1) is 0 Å². The van der Waals surface area contributed by atoms with Crippen LogP contribution in [0.3, 0.4) is 0 Å². The summed E-state index contributed by atoms with van der Waals surface area (Å²) in [5, 5.41) is 0. The van der Waals surface area contributed by atoms with Crippen molar-refractivity contribution in [1.82, 2.24) is 4.90 Å². The maximum absolute atomic E-state index is 11.9. The summed E-state index contributed by atoms with van der Waals surface area (Å²) in [6.07, 6.45) is 2.60. The van der Waals surface area contributed by atoms with Crippen molar-refractivity contribution >= 4 is 11.4 Å². The number of benzene rings is 1. The van der Waals surface area contributed by atoms with Crippen LogP contribution in [0.15, 0.2) is 29.8 Å². The quantitative estimate of drug-likeness (QED) is 0.809. The van der Waals surface area contributed by atoms with Gasteiger partial charge in [-0.15, -0.1) is 0 Å². The minimum atomic E-state index is 0.416. The highest BCUT2D eigenvalue weighted by Crippen LogP contribution is 2.45. The van der Waals surface area contributed by atoms with E-state index in [-0.39, 0.29) is 0 Å². The summed E-state index contributed by atoms with van der Waals surface area (Å²) in [7, 11) is 0. The Morgan fingerprint density at radius 2 is 2.09 bits per heavy atom. The van der Waals surface area contributed by atoms with Crippen LogP contribution in [-0.2, 0) is 4.79 Å². The second kappa shape index (κ2) is 6.37. The molecule has 0 spiro atoms. The smallest absolute Gasteiger partial charge is 0.134 e. The monoisotopic (exact) mass is 297 g/mol. The van der Waals surface area contributed by atoms with E-state index in [1.54, 1.807) is 5.57 Å². The number of rotatable bonds is 5. The molecule has 3 rings (SSSR count). The SMILES string of the molecule is CC1=C2CCN(CCC(=O)CC(C)C)CC2c2ccccc21. The van der Waals surface area contributed by atoms with E-state index >= 15 is 0 Å². The molecule has 1 heterocycles. The van der Waals surface area contributed by atoms with E-state index in [0.29, 0.717) is 24.0 Å². The number of nitrogens with zero attached hydrogens (tertiary/aromatic N) is 1. The number of allylic oxidation sites excluding steroid dienone is 1. The maximum Gasteiger partial charge on any atom is 0.134 e. The minimum Gasteiger partial charge on any atom is -0.302 e. The lowest BCUT2D eigenvalue weighted by molar-refractivity contribution is -0.120. The summed E-state index contributed by atoms with van der Waals surface area (Å²) in [5.74, 6) is 1.46. The van der Waals surface area contributed by atoms with Crippen LogP contribution in [0.1, 0.15) is 57.1 Å². The van der Waals surface area contributed by atoms with Crippen molar-refractivity contribution in [3.05, 3.63) is 41.0 Å². The third-order valence-corrected chi connectivity index (χ3v) is 5.12. The fourth-order valence-electron chi connectivity index (χ4n) is 4.01. The number of hydrogen-bond donors (Lipinski definition) is 0. The van der Waals surface area contributed by atoms with Crippen LogP contribution in [0.5, 0.6) is 0 Å². The molecule has 0 radical (unpaired) electrons. The molecular weight excluding hydrogens is 270 g/mol. The van der Waals surface area contributed by atoms with Crippen molar-refractivity contribution < 1.29 is 4.79 Å². The Kier molecular flexibility index (Phi) is 4.49. The second-order valence-corrected chi connectivity index (χ2v) is 7.23. The Balaban J connectivity index is 1.64. The van der Waals surface area contributed by atoms with Crippen LogP contribution in [0.2, 0.25) is 0 Å². The third-order valence-electron chi connectivity index (χ3n) is 5.12. The topological polar surface area (TPSA) is 20.3 Å².